The quantitative estimate of drug-likeness (QED) is 0.293. The molecule has 3 N–H and O–H groups in total. The van der Waals surface area contributed by atoms with Crippen LogP contribution in [0.2, 0.25) is 0 Å². The number of aliphatic hydroxyl groups excluding tert-OH is 2. The molecule has 0 spiro atoms. The smallest absolute Gasteiger partial charge is 0.311 e. The summed E-state index contributed by atoms with van der Waals surface area (Å²) in [6.07, 6.45) is -7.55. The van der Waals surface area contributed by atoms with Gasteiger partial charge in [-0.25, -0.2) is 0 Å². The van der Waals surface area contributed by atoms with Crippen molar-refractivity contribution in [1.82, 2.24) is 4.90 Å². The van der Waals surface area contributed by atoms with Crippen molar-refractivity contribution in [3.63, 3.8) is 0 Å². The van der Waals surface area contributed by atoms with Gasteiger partial charge in [-0.1, -0.05) is 27.7 Å². The molecule has 18 atom stereocenters. The highest BCUT2D eigenvalue weighted by Gasteiger charge is 2.54. The van der Waals surface area contributed by atoms with Crippen molar-refractivity contribution in [2.45, 2.75) is 179 Å². The maximum absolute atomic E-state index is 14.2. The van der Waals surface area contributed by atoms with Crippen LogP contribution in [-0.2, 0) is 47.5 Å². The fraction of sp³-hybridized carbons (Fsp3) is 0.949. The minimum Gasteiger partial charge on any atom is -0.459 e. The van der Waals surface area contributed by atoms with Gasteiger partial charge in [0.2, 0.25) is 0 Å². The molecule has 14 heteroatoms. The number of hydrogen-bond acceptors (Lipinski definition) is 14. The average molecular weight is 762 g/mol. The second kappa shape index (κ2) is 18.3. The van der Waals surface area contributed by atoms with Gasteiger partial charge in [0.05, 0.1) is 47.6 Å². The predicted octanol–water partition coefficient (Wildman–Crippen LogP) is 3.09. The number of methoxy groups -OCH3 is 3. The van der Waals surface area contributed by atoms with Crippen LogP contribution in [0.3, 0.4) is 0 Å². The maximum Gasteiger partial charge on any atom is 0.311 e. The van der Waals surface area contributed by atoms with Gasteiger partial charge in [0, 0.05) is 51.5 Å². The van der Waals surface area contributed by atoms with Gasteiger partial charge in [0.15, 0.2) is 12.6 Å². The van der Waals surface area contributed by atoms with E-state index in [0.717, 1.165) is 0 Å². The highest BCUT2D eigenvalue weighted by atomic mass is 16.7. The molecule has 3 rings (SSSR count). The molecule has 0 bridgehead atoms. The minimum absolute atomic E-state index is 0.128. The first-order valence-corrected chi connectivity index (χ1v) is 19.3. The van der Waals surface area contributed by atoms with Crippen LogP contribution in [-0.4, -0.2) is 152 Å². The number of carbonyl (C=O) groups excluding carboxylic acids is 2. The Morgan fingerprint density at radius 3 is 1.96 bits per heavy atom. The monoisotopic (exact) mass is 761 g/mol. The van der Waals surface area contributed by atoms with Crippen molar-refractivity contribution in [3.8, 4) is 0 Å². The van der Waals surface area contributed by atoms with Crippen LogP contribution in [0.4, 0.5) is 0 Å². The predicted molar refractivity (Wildman–Crippen MR) is 196 cm³/mol. The molecule has 3 saturated heterocycles. The molecule has 0 aliphatic carbocycles. The van der Waals surface area contributed by atoms with Crippen LogP contribution >= 0.6 is 0 Å². The lowest BCUT2D eigenvalue weighted by molar-refractivity contribution is -0.320. The molecule has 0 aromatic carbocycles. The highest BCUT2D eigenvalue weighted by Crippen LogP contribution is 2.42. The molecule has 3 fully saturated rings. The number of likely N-dealkylation sites (N-methyl/N-ethyl adjacent to an activating group) is 1. The van der Waals surface area contributed by atoms with Crippen LogP contribution in [0, 0.1) is 23.7 Å². The molecule has 0 saturated carbocycles. The Hall–Kier alpha value is -1.30. The molecular weight excluding hydrogens is 690 g/mol. The van der Waals surface area contributed by atoms with Gasteiger partial charge in [-0.3, -0.25) is 9.59 Å². The Labute approximate surface area is 317 Å². The summed E-state index contributed by atoms with van der Waals surface area (Å²) < 4.78 is 50.3. The number of aliphatic hydroxyl groups is 3. The summed E-state index contributed by atoms with van der Waals surface area (Å²) in [6, 6.07) is -0.272. The van der Waals surface area contributed by atoms with Crippen molar-refractivity contribution < 1.29 is 62.8 Å². The number of nitrogens with zero attached hydrogens (tertiary/aromatic N) is 1. The molecule has 0 radical (unpaired) electrons. The van der Waals surface area contributed by atoms with Crippen molar-refractivity contribution in [2.75, 3.05) is 35.4 Å². The molecule has 0 aromatic heterocycles. The SMILES string of the molecule is CC[C@H]1OC(=O)[C@H](C)[C@@H](O[C@H]2C[C@@](C)(OC)[C@@H](OC)[C@H](C)O2)[C@@H](C)[C@@H](O[C@@H]2O[C@H](C)C[C@H](N(C)C)[C@H]2O)[C@](C)(OC)C[C@@H](C)C(=O)[C@H](C)[C@H](O)[C@]1(C)O. The average Bonchev–Trinajstić information content (AvgIpc) is 3.10. The minimum atomic E-state index is -1.95. The lowest BCUT2D eigenvalue weighted by Gasteiger charge is -2.50. The first kappa shape index (κ1) is 46.1. The first-order valence-electron chi connectivity index (χ1n) is 19.3. The number of ether oxygens (including phenoxy) is 8. The molecule has 53 heavy (non-hydrogen) atoms. The molecule has 0 amide bonds. The normalized spacial score (nSPS) is 48.3. The summed E-state index contributed by atoms with van der Waals surface area (Å²) in [6.45, 7) is 17.5. The van der Waals surface area contributed by atoms with Crippen LogP contribution in [0.15, 0.2) is 0 Å². The second-order valence-corrected chi connectivity index (χ2v) is 16.8. The van der Waals surface area contributed by atoms with Crippen molar-refractivity contribution in [2.24, 2.45) is 23.7 Å². The second-order valence-electron chi connectivity index (χ2n) is 16.8. The van der Waals surface area contributed by atoms with Crippen LogP contribution in [0.1, 0.15) is 94.9 Å². The van der Waals surface area contributed by atoms with E-state index in [1.165, 1.54) is 14.0 Å². The molecule has 14 nitrogen and oxygen atoms in total. The van der Waals surface area contributed by atoms with Gasteiger partial charge in [-0.05, 0) is 74.9 Å². The number of hydrogen-bond donors (Lipinski definition) is 3. The summed E-state index contributed by atoms with van der Waals surface area (Å²) in [7, 11) is 8.50. The Bertz CT molecular complexity index is 1200. The Balaban J connectivity index is 2.23. The summed E-state index contributed by atoms with van der Waals surface area (Å²) in [4.78, 5) is 30.2. The third kappa shape index (κ3) is 9.81. The molecule has 3 aliphatic rings. The Morgan fingerprint density at radius 1 is 0.849 bits per heavy atom. The van der Waals surface area contributed by atoms with Gasteiger partial charge < -0.3 is 58.1 Å². The standard InChI is InChI=1S/C39H71NO13/c1-16-27-39(10,45)32(43)22(4)29(41)20(2)18-37(8,47-14)33(53-36-30(42)26(40(11)12)17-21(3)49-36)23(5)31(24(6)35(44)51-27)52-28-19-38(9,48-15)34(46-13)25(7)50-28/h20-28,30-34,36,42-43,45H,16-19H2,1-15H3/t20-,21-,22+,23-,24-,25+,26+,27-,28+,30-,31+,32+,33-,34+,36+,37-,38-,39-/m1/s1. The molecule has 3 aliphatic heterocycles. The lowest BCUT2D eigenvalue weighted by Crippen LogP contribution is -2.61. The maximum atomic E-state index is 14.2. The number of carbonyl (C=O) groups is 2. The topological polar surface area (TPSA) is 172 Å². The van der Waals surface area contributed by atoms with Crippen LogP contribution in [0.25, 0.3) is 0 Å². The van der Waals surface area contributed by atoms with E-state index in [1.807, 2.05) is 53.6 Å². The third-order valence-electron chi connectivity index (χ3n) is 12.5. The zero-order chi connectivity index (χ0) is 40.4. The number of cyclic esters (lactones) is 1. The van der Waals surface area contributed by atoms with Gasteiger partial charge in [0.1, 0.15) is 29.7 Å². The van der Waals surface area contributed by atoms with E-state index in [-0.39, 0.29) is 37.2 Å². The van der Waals surface area contributed by atoms with Gasteiger partial charge in [-0.2, -0.15) is 0 Å². The molecule has 3 heterocycles. The molecule has 310 valence electrons. The Morgan fingerprint density at radius 2 is 1.43 bits per heavy atom. The van der Waals surface area contributed by atoms with Gasteiger partial charge in [0.25, 0.3) is 0 Å². The summed E-state index contributed by atoms with van der Waals surface area (Å²) in [5, 5.41) is 34.7. The third-order valence-corrected chi connectivity index (χ3v) is 12.5. The first-order chi connectivity index (χ1) is 24.5. The zero-order valence-electron chi connectivity index (χ0n) is 34.9. The van der Waals surface area contributed by atoms with E-state index in [1.54, 1.807) is 41.9 Å². The lowest BCUT2D eigenvalue weighted by atomic mass is 9.74. The van der Waals surface area contributed by atoms with Crippen LogP contribution < -0.4 is 0 Å². The largest absolute Gasteiger partial charge is 0.459 e. The van der Waals surface area contributed by atoms with Gasteiger partial charge >= 0.3 is 5.97 Å². The van der Waals surface area contributed by atoms with E-state index >= 15 is 0 Å². The number of ketones is 1. The van der Waals surface area contributed by atoms with Crippen molar-refractivity contribution >= 4 is 11.8 Å². The molecule has 0 unspecified atom stereocenters. The fourth-order valence-electron chi connectivity index (χ4n) is 9.01. The molecule has 0 aromatic rings. The zero-order valence-corrected chi connectivity index (χ0v) is 34.9. The van der Waals surface area contributed by atoms with Crippen LogP contribution in [0.5, 0.6) is 0 Å². The molecular formula is C39H71NO13. The van der Waals surface area contributed by atoms with Crippen molar-refractivity contribution in [3.05, 3.63) is 0 Å². The summed E-state index contributed by atoms with van der Waals surface area (Å²) in [5.41, 5.74) is -3.98. The van der Waals surface area contributed by atoms with E-state index in [4.69, 9.17) is 37.9 Å². The van der Waals surface area contributed by atoms with E-state index < -0.39 is 102 Å². The fourth-order valence-corrected chi connectivity index (χ4v) is 9.01. The van der Waals surface area contributed by atoms with E-state index in [2.05, 4.69) is 0 Å². The summed E-state index contributed by atoms with van der Waals surface area (Å²) in [5.74, 6) is -4.34. The highest BCUT2D eigenvalue weighted by molar-refractivity contribution is 5.83. The van der Waals surface area contributed by atoms with E-state index in [9.17, 15) is 24.9 Å². The summed E-state index contributed by atoms with van der Waals surface area (Å²) >= 11 is 0. The number of esters is 1. The van der Waals surface area contributed by atoms with Crippen molar-refractivity contribution in [1.29, 1.82) is 0 Å². The Kier molecular flexibility index (Phi) is 15.9. The number of Topliss-reactive ketones (excluding diaryl/α,β-unsaturated/α-hetero) is 1. The van der Waals surface area contributed by atoms with Gasteiger partial charge in [-0.15, -0.1) is 0 Å². The van der Waals surface area contributed by atoms with E-state index in [0.29, 0.717) is 6.42 Å². The number of rotatable bonds is 9.